The first kappa shape index (κ1) is 56.4. The molecule has 3 saturated heterocycles. The van der Waals surface area contributed by atoms with Gasteiger partial charge in [0.2, 0.25) is 0 Å². The fourth-order valence-corrected chi connectivity index (χ4v) is 9.11. The van der Waals surface area contributed by atoms with E-state index < -0.39 is 30.4 Å². The molecule has 7 aliphatic heterocycles. The summed E-state index contributed by atoms with van der Waals surface area (Å²) in [7, 11) is 4.00. The highest BCUT2D eigenvalue weighted by Gasteiger charge is 2.25. The van der Waals surface area contributed by atoms with E-state index in [1.54, 1.807) is 0 Å². The molecule has 0 aliphatic carbocycles. The molecule has 10 N–H and O–H groups in total. The molecule has 11 rings (SSSR count). The van der Waals surface area contributed by atoms with Crippen LogP contribution in [0.2, 0.25) is 0 Å². The van der Waals surface area contributed by atoms with Gasteiger partial charge in [0.25, 0.3) is 0 Å². The first-order valence-electron chi connectivity index (χ1n) is 21.3. The van der Waals surface area contributed by atoms with Crippen LogP contribution in [0.5, 0.6) is 0 Å². The van der Waals surface area contributed by atoms with Crippen molar-refractivity contribution in [3.8, 4) is 0 Å². The van der Waals surface area contributed by atoms with Crippen LogP contribution in [-0.4, -0.2) is 157 Å². The van der Waals surface area contributed by atoms with Crippen LogP contribution in [0.25, 0.3) is 0 Å². The summed E-state index contributed by atoms with van der Waals surface area (Å²) in [5, 5.41) is 28.0. The summed E-state index contributed by atoms with van der Waals surface area (Å²) in [5.74, 6) is -5.39. The van der Waals surface area contributed by atoms with Crippen molar-refractivity contribution in [3.63, 3.8) is 0 Å². The molecule has 0 amide bonds. The van der Waals surface area contributed by atoms with Crippen LogP contribution >= 0.6 is 45.2 Å². The van der Waals surface area contributed by atoms with Gasteiger partial charge in [-0.3, -0.25) is 29.4 Å². The summed E-state index contributed by atoms with van der Waals surface area (Å²) < 4.78 is 49.2. The van der Waals surface area contributed by atoms with Crippen LogP contribution in [0, 0.1) is 30.4 Å². The Morgan fingerprint density at radius 1 is 0.338 bits per heavy atom. The highest BCUT2D eigenvalue weighted by Crippen LogP contribution is 2.28. The van der Waals surface area contributed by atoms with Gasteiger partial charge in [-0.1, -0.05) is 54.6 Å². The first-order chi connectivity index (χ1) is 31.4. The zero-order chi connectivity index (χ0) is 48.2. The van der Waals surface area contributed by atoms with E-state index in [4.69, 9.17) is 37.6 Å². The first-order valence-corrected chi connectivity index (χ1v) is 23.5. The van der Waals surface area contributed by atoms with Crippen LogP contribution in [-0.2, 0) is 39.3 Å². The monoisotopic (exact) mass is 1140 g/mol. The molecule has 13 nitrogen and oxygen atoms in total. The third-order valence-corrected chi connectivity index (χ3v) is 13.7. The minimum Gasteiger partial charge on any atom is -0.400 e. The van der Waals surface area contributed by atoms with Crippen molar-refractivity contribution < 1.29 is 38.0 Å². The van der Waals surface area contributed by atoms with Crippen LogP contribution < -0.4 is 17.2 Å². The predicted octanol–water partition coefficient (Wildman–Crippen LogP) is 4.59. The summed E-state index contributed by atoms with van der Waals surface area (Å²) in [6.45, 7) is 18.0. The number of rotatable bonds is 0. The fourth-order valence-electron chi connectivity index (χ4n) is 8.17. The Kier molecular flexibility index (Phi) is 25.2. The van der Waals surface area contributed by atoms with Gasteiger partial charge < -0.3 is 37.6 Å². The van der Waals surface area contributed by atoms with Gasteiger partial charge in [0, 0.05) is 163 Å². The minimum absolute atomic E-state index is 0.664. The van der Waals surface area contributed by atoms with E-state index >= 15 is 0 Å². The molecule has 7 aliphatic rings. The molecule has 0 saturated carbocycles. The molecule has 12 bridgehead atoms. The Bertz CT molecular complexity index is 1680. The zero-order valence-electron chi connectivity index (χ0n) is 37.9. The number of nitrogens with two attached hydrogens (primary N) is 3. The number of nitrogen functional groups attached to an aromatic ring is 3. The van der Waals surface area contributed by atoms with Crippen LogP contribution in [0.1, 0.15) is 33.4 Å². The van der Waals surface area contributed by atoms with E-state index in [0.29, 0.717) is 0 Å². The number of fused-ring (bicyclic) bond motifs is 3. The average Bonchev–Trinajstić information content (AvgIpc) is 3.35. The molecule has 4 aromatic carbocycles. The van der Waals surface area contributed by atoms with E-state index in [1.165, 1.54) is 78.6 Å². The van der Waals surface area contributed by atoms with Gasteiger partial charge in [-0.05, 0) is 78.6 Å². The number of piperazine rings is 3. The van der Waals surface area contributed by atoms with E-state index in [0.717, 1.165) is 163 Å². The summed E-state index contributed by atoms with van der Waals surface area (Å²) in [4.78, 5) is 15.3. The highest BCUT2D eigenvalue weighted by molar-refractivity contribution is 14.1. The van der Waals surface area contributed by atoms with Crippen LogP contribution in [0.4, 0.5) is 34.6 Å². The zero-order valence-corrected chi connectivity index (χ0v) is 42.2. The van der Waals surface area contributed by atoms with E-state index in [1.807, 2.05) is 0 Å². The van der Waals surface area contributed by atoms with Gasteiger partial charge in [0.1, 0.15) is 0 Å². The molecule has 3 fully saturated rings. The van der Waals surface area contributed by atoms with Gasteiger partial charge in [0.05, 0.1) is 7.14 Å². The quantitative estimate of drug-likeness (QED) is 0.0429. The average molecular weight is 1140 g/mol. The summed E-state index contributed by atoms with van der Waals surface area (Å²) in [6, 6.07) is 19.8. The van der Waals surface area contributed by atoms with E-state index in [-0.39, 0.29) is 0 Å². The number of aliphatic hydroxyl groups is 4. The molecule has 7 heterocycles. The Morgan fingerprint density at radius 3 is 0.615 bits per heavy atom. The van der Waals surface area contributed by atoms with Gasteiger partial charge >= 0.3 is 0 Å². The van der Waals surface area contributed by atoms with Crippen LogP contribution in [0.3, 0.4) is 0 Å². The molecular formula is C46H67F4I2N9O4. The minimum atomic E-state index is -1.35. The maximum absolute atomic E-state index is 12.6. The maximum Gasteiger partial charge on any atom is 0.176 e. The van der Waals surface area contributed by atoms with Gasteiger partial charge in [-0.25, -0.2) is 17.6 Å². The molecular weight excluding hydrogens is 1070 g/mol. The van der Waals surface area contributed by atoms with Crippen molar-refractivity contribution in [2.75, 3.05) is 124 Å². The second-order valence-corrected chi connectivity index (χ2v) is 17.7. The van der Waals surface area contributed by atoms with E-state index in [9.17, 15) is 17.6 Å². The van der Waals surface area contributed by atoms with Crippen molar-refractivity contribution in [3.05, 3.63) is 118 Å². The van der Waals surface area contributed by atoms with Crippen molar-refractivity contribution in [1.82, 2.24) is 29.4 Å². The Balaban J connectivity index is 0.000000476. The molecule has 0 radical (unpaired) electrons. The molecule has 65 heavy (non-hydrogen) atoms. The molecule has 362 valence electrons. The van der Waals surface area contributed by atoms with Crippen molar-refractivity contribution in [1.29, 1.82) is 0 Å². The smallest absolute Gasteiger partial charge is 0.176 e. The van der Waals surface area contributed by atoms with Crippen molar-refractivity contribution in [2.24, 2.45) is 0 Å². The number of aliphatic hydroxyl groups excluding tert-OH is 4. The number of halogens is 6. The second-order valence-electron chi connectivity index (χ2n) is 15.5. The Hall–Kier alpha value is -2.94. The predicted molar refractivity (Wildman–Crippen MR) is 269 cm³/mol. The largest absolute Gasteiger partial charge is 0.400 e. The number of benzene rings is 4. The number of anilines is 3. The number of para-hydroxylation sites is 3. The number of nitrogens with zero attached hydrogens (tertiary/aromatic N) is 6. The van der Waals surface area contributed by atoms with Crippen molar-refractivity contribution >= 4 is 62.2 Å². The number of hydrogen-bond acceptors (Lipinski definition) is 13. The van der Waals surface area contributed by atoms with Gasteiger partial charge in [-0.2, -0.15) is 0 Å². The third kappa shape index (κ3) is 15.5. The molecule has 0 spiro atoms. The van der Waals surface area contributed by atoms with Crippen LogP contribution in [0.15, 0.2) is 54.6 Å². The molecule has 19 heteroatoms. The third-order valence-electron chi connectivity index (χ3n) is 11.8. The summed E-state index contributed by atoms with van der Waals surface area (Å²) >= 11 is 2.41. The number of hydrogen-bond donors (Lipinski definition) is 7. The van der Waals surface area contributed by atoms with Gasteiger partial charge in [-0.15, -0.1) is 0 Å². The lowest BCUT2D eigenvalue weighted by atomic mass is 10.0. The topological polar surface area (TPSA) is 178 Å². The highest BCUT2D eigenvalue weighted by atomic mass is 127. The Morgan fingerprint density at radius 2 is 0.477 bits per heavy atom. The standard InChI is InChI=1S/C36H51N9.C6F4I2.4CH4O/c37-34-28-4-1-5-29(34)23-41-12-16-43(17-13-41)25-31-7-3-9-33(36(31)39)27-45-20-18-44(19-21-45)26-32-8-2-6-30(35(32)38)24-42-14-10-40(22-28)11-15-42;7-1-2(8)6(12)4(10)3(9)5(1)11;4*1-2/h1-9H,10-27,37-39H2;;4*2H,1H3. The molecule has 0 aromatic heterocycles. The normalized spacial score (nSPS) is 22.6. The molecule has 0 unspecified atom stereocenters. The Labute approximate surface area is 409 Å². The lowest BCUT2D eigenvalue weighted by Crippen LogP contribution is -2.46. The van der Waals surface area contributed by atoms with Gasteiger partial charge in [0.15, 0.2) is 23.3 Å². The fraction of sp³-hybridized carbons (Fsp3) is 0.478. The second kappa shape index (κ2) is 29.1. The van der Waals surface area contributed by atoms with E-state index in [2.05, 4.69) is 84.0 Å². The SMILES string of the molecule is CO.CO.CO.CO.Fc1c(F)c(I)c(F)c(F)c1I.Nc1c2cccc1CN1CCN(CC1)Cc1cccc(c1N)CN1CCN(CC1)Cc1cccc(c1N)CN1CCN(CC1)C2. The summed E-state index contributed by atoms with van der Waals surface area (Å²) in [6.07, 6.45) is 0. The maximum atomic E-state index is 12.6. The lowest BCUT2D eigenvalue weighted by molar-refractivity contribution is 0.121. The van der Waals surface area contributed by atoms with Crippen molar-refractivity contribution in [2.45, 2.75) is 39.3 Å². The summed E-state index contributed by atoms with van der Waals surface area (Å²) in [5.41, 5.74) is 30.8. The molecule has 0 atom stereocenters. The molecule has 4 aromatic rings. The lowest BCUT2D eigenvalue weighted by Gasteiger charge is -2.36.